The zero-order valence-electron chi connectivity index (χ0n) is 6.66. The van der Waals surface area contributed by atoms with Crippen LogP contribution in [-0.2, 0) is 5.75 Å². The quantitative estimate of drug-likeness (QED) is 0.681. The fraction of sp³-hybridized carbons (Fsp3) is 0.375. The van der Waals surface area contributed by atoms with E-state index in [-0.39, 0.29) is 0 Å². The molecule has 66 valence electrons. The molecule has 0 aliphatic rings. The Morgan fingerprint density at radius 3 is 3.08 bits per heavy atom. The summed E-state index contributed by atoms with van der Waals surface area (Å²) in [5.41, 5.74) is 6.55. The van der Waals surface area contributed by atoms with Crippen LogP contribution in [0.2, 0.25) is 0 Å². The summed E-state index contributed by atoms with van der Waals surface area (Å²) in [6.07, 6.45) is 1.83. The van der Waals surface area contributed by atoms with Gasteiger partial charge in [0.05, 0.1) is 5.69 Å². The van der Waals surface area contributed by atoms with Crippen molar-refractivity contribution in [3.05, 3.63) is 27.6 Å². The van der Waals surface area contributed by atoms with E-state index in [4.69, 9.17) is 5.73 Å². The van der Waals surface area contributed by atoms with E-state index in [0.29, 0.717) is 0 Å². The highest BCUT2D eigenvalue weighted by Gasteiger charge is 1.98. The Morgan fingerprint density at radius 1 is 1.58 bits per heavy atom. The lowest BCUT2D eigenvalue weighted by molar-refractivity contribution is 1.13. The molecule has 0 spiro atoms. The summed E-state index contributed by atoms with van der Waals surface area (Å²) < 4.78 is 1.24. The summed E-state index contributed by atoms with van der Waals surface area (Å²) in [5, 5.41) is 0. The molecule has 0 saturated carbocycles. The molecule has 1 heterocycles. The van der Waals surface area contributed by atoms with Crippen molar-refractivity contribution < 1.29 is 0 Å². The highest BCUT2D eigenvalue weighted by atomic mass is 127. The van der Waals surface area contributed by atoms with Crippen LogP contribution in [0.1, 0.15) is 5.69 Å². The third kappa shape index (κ3) is 3.28. The lowest BCUT2D eigenvalue weighted by atomic mass is 10.4. The van der Waals surface area contributed by atoms with Gasteiger partial charge in [0, 0.05) is 27.8 Å². The van der Waals surface area contributed by atoms with Gasteiger partial charge in [0.15, 0.2) is 0 Å². The molecule has 0 aromatic carbocycles. The highest BCUT2D eigenvalue weighted by molar-refractivity contribution is 14.1. The zero-order chi connectivity index (χ0) is 8.81. The van der Waals surface area contributed by atoms with Gasteiger partial charge in [-0.25, -0.2) is 0 Å². The van der Waals surface area contributed by atoms with Crippen LogP contribution in [0.3, 0.4) is 0 Å². The maximum absolute atomic E-state index is 5.39. The van der Waals surface area contributed by atoms with Crippen LogP contribution < -0.4 is 5.73 Å². The van der Waals surface area contributed by atoms with E-state index < -0.39 is 0 Å². The van der Waals surface area contributed by atoms with Crippen molar-refractivity contribution in [1.82, 2.24) is 4.98 Å². The summed E-state index contributed by atoms with van der Waals surface area (Å²) >= 11 is 4.13. The van der Waals surface area contributed by atoms with Crippen molar-refractivity contribution >= 4 is 34.4 Å². The van der Waals surface area contributed by atoms with E-state index >= 15 is 0 Å². The minimum absolute atomic E-state index is 0.744. The first-order chi connectivity index (χ1) is 5.84. The molecule has 1 aromatic heterocycles. The number of pyridine rings is 1. The Morgan fingerprint density at radius 2 is 2.42 bits per heavy atom. The fourth-order valence-electron chi connectivity index (χ4n) is 0.777. The third-order valence-corrected chi connectivity index (χ3v) is 3.32. The van der Waals surface area contributed by atoms with Crippen molar-refractivity contribution in [2.75, 3.05) is 12.3 Å². The van der Waals surface area contributed by atoms with Crippen LogP contribution in [0.25, 0.3) is 0 Å². The predicted molar refractivity (Wildman–Crippen MR) is 62.2 cm³/mol. The molecule has 0 fully saturated rings. The molecule has 1 aromatic rings. The average molecular weight is 294 g/mol. The normalized spacial score (nSPS) is 10.2. The van der Waals surface area contributed by atoms with Gasteiger partial charge in [-0.2, -0.15) is 11.8 Å². The van der Waals surface area contributed by atoms with Crippen LogP contribution >= 0.6 is 34.4 Å². The summed E-state index contributed by atoms with van der Waals surface area (Å²) in [5.74, 6) is 1.98. The van der Waals surface area contributed by atoms with Gasteiger partial charge in [-0.05, 0) is 34.7 Å². The van der Waals surface area contributed by atoms with Crippen LogP contribution in [0.5, 0.6) is 0 Å². The highest BCUT2D eigenvalue weighted by Crippen LogP contribution is 2.14. The van der Waals surface area contributed by atoms with E-state index in [1.54, 1.807) is 0 Å². The molecule has 0 atom stereocenters. The van der Waals surface area contributed by atoms with Crippen LogP contribution in [-0.4, -0.2) is 17.3 Å². The van der Waals surface area contributed by atoms with Crippen molar-refractivity contribution in [3.63, 3.8) is 0 Å². The molecule has 0 aliphatic carbocycles. The SMILES string of the molecule is NCCSCc1ncccc1I. The first kappa shape index (κ1) is 10.3. The molecule has 0 aliphatic heterocycles. The van der Waals surface area contributed by atoms with Crippen molar-refractivity contribution in [2.45, 2.75) is 5.75 Å². The molecule has 2 nitrogen and oxygen atoms in total. The number of rotatable bonds is 4. The first-order valence-electron chi connectivity index (χ1n) is 3.72. The Hall–Kier alpha value is 0.190. The maximum atomic E-state index is 5.39. The summed E-state index contributed by atoms with van der Waals surface area (Å²) in [6.45, 7) is 0.744. The standard InChI is InChI=1S/C8H11IN2S/c9-7-2-1-4-11-8(7)6-12-5-3-10/h1-2,4H,3,5-6,10H2. The van der Waals surface area contributed by atoms with Gasteiger partial charge in [-0.3, -0.25) is 4.98 Å². The van der Waals surface area contributed by atoms with Gasteiger partial charge in [0.2, 0.25) is 0 Å². The van der Waals surface area contributed by atoms with Gasteiger partial charge in [-0.1, -0.05) is 0 Å². The van der Waals surface area contributed by atoms with Gasteiger partial charge in [0.25, 0.3) is 0 Å². The minimum atomic E-state index is 0.744. The number of nitrogens with zero attached hydrogens (tertiary/aromatic N) is 1. The average Bonchev–Trinajstić information content (AvgIpc) is 2.09. The summed E-state index contributed by atoms with van der Waals surface area (Å²) in [6, 6.07) is 4.03. The van der Waals surface area contributed by atoms with Crippen molar-refractivity contribution in [3.8, 4) is 0 Å². The second kappa shape index (κ2) is 5.77. The fourth-order valence-corrected chi connectivity index (χ4v) is 2.31. The van der Waals surface area contributed by atoms with Gasteiger partial charge < -0.3 is 5.73 Å². The number of aromatic nitrogens is 1. The Kier molecular flexibility index (Phi) is 4.94. The lowest BCUT2D eigenvalue weighted by Gasteiger charge is -2.01. The molecule has 0 unspecified atom stereocenters. The van der Waals surface area contributed by atoms with Crippen LogP contribution in [0.15, 0.2) is 18.3 Å². The van der Waals surface area contributed by atoms with Gasteiger partial charge >= 0.3 is 0 Å². The van der Waals surface area contributed by atoms with Gasteiger partial charge in [-0.15, -0.1) is 0 Å². The number of thioether (sulfide) groups is 1. The molecule has 1 rings (SSSR count). The first-order valence-corrected chi connectivity index (χ1v) is 5.95. The van der Waals surface area contributed by atoms with E-state index in [1.165, 1.54) is 3.57 Å². The Labute approximate surface area is 90.5 Å². The molecule has 0 saturated heterocycles. The van der Waals surface area contributed by atoms with E-state index in [2.05, 4.69) is 33.6 Å². The second-order valence-corrected chi connectivity index (χ2v) is 4.54. The third-order valence-electron chi connectivity index (χ3n) is 1.34. The molecule has 12 heavy (non-hydrogen) atoms. The topological polar surface area (TPSA) is 38.9 Å². The molecule has 0 bridgehead atoms. The minimum Gasteiger partial charge on any atom is -0.330 e. The lowest BCUT2D eigenvalue weighted by Crippen LogP contribution is -2.02. The van der Waals surface area contributed by atoms with Gasteiger partial charge in [0.1, 0.15) is 0 Å². The summed E-state index contributed by atoms with van der Waals surface area (Å²) in [4.78, 5) is 4.28. The predicted octanol–water partition coefficient (Wildman–Crippen LogP) is 1.88. The number of hydrogen-bond donors (Lipinski definition) is 1. The molecular weight excluding hydrogens is 283 g/mol. The van der Waals surface area contributed by atoms with Crippen LogP contribution in [0.4, 0.5) is 0 Å². The van der Waals surface area contributed by atoms with E-state index in [0.717, 1.165) is 23.7 Å². The number of halogens is 1. The molecule has 0 amide bonds. The molecule has 4 heteroatoms. The molecule has 2 N–H and O–H groups in total. The van der Waals surface area contributed by atoms with Crippen molar-refractivity contribution in [2.24, 2.45) is 5.73 Å². The smallest absolute Gasteiger partial charge is 0.0635 e. The number of nitrogens with two attached hydrogens (primary N) is 1. The van der Waals surface area contributed by atoms with Crippen molar-refractivity contribution in [1.29, 1.82) is 0 Å². The Bertz CT molecular complexity index is 242. The summed E-state index contributed by atoms with van der Waals surface area (Å²) in [7, 11) is 0. The van der Waals surface area contributed by atoms with Crippen LogP contribution in [0, 0.1) is 3.57 Å². The molecular formula is C8H11IN2S. The second-order valence-electron chi connectivity index (χ2n) is 2.27. The number of hydrogen-bond acceptors (Lipinski definition) is 3. The largest absolute Gasteiger partial charge is 0.330 e. The monoisotopic (exact) mass is 294 g/mol. The Balaban J connectivity index is 2.46. The zero-order valence-corrected chi connectivity index (χ0v) is 9.64. The van der Waals surface area contributed by atoms with E-state index in [1.807, 2.05) is 24.0 Å². The molecule has 0 radical (unpaired) electrons. The maximum Gasteiger partial charge on any atom is 0.0635 e. The van der Waals surface area contributed by atoms with E-state index in [9.17, 15) is 0 Å².